The molecule has 3 aliphatic rings. The van der Waals surface area contributed by atoms with Crippen molar-refractivity contribution in [2.75, 3.05) is 33.3 Å². The van der Waals surface area contributed by atoms with E-state index >= 15 is 0 Å². The number of hydrogen-bond donors (Lipinski definition) is 0. The summed E-state index contributed by atoms with van der Waals surface area (Å²) < 4.78 is 11.3. The van der Waals surface area contributed by atoms with Gasteiger partial charge in [0.25, 0.3) is 0 Å². The van der Waals surface area contributed by atoms with Gasteiger partial charge in [-0.25, -0.2) is 4.79 Å². The summed E-state index contributed by atoms with van der Waals surface area (Å²) >= 11 is 0. The van der Waals surface area contributed by atoms with E-state index in [1.165, 1.54) is 20.0 Å². The number of carbonyl (C=O) groups excluding carboxylic acids is 2. The molecule has 0 bridgehead atoms. The van der Waals surface area contributed by atoms with E-state index in [0.29, 0.717) is 19.4 Å². The van der Waals surface area contributed by atoms with Crippen molar-refractivity contribution >= 4 is 12.1 Å². The summed E-state index contributed by atoms with van der Waals surface area (Å²) in [7, 11) is 1.42. The van der Waals surface area contributed by atoms with Crippen LogP contribution in [0.5, 0.6) is 0 Å². The van der Waals surface area contributed by atoms with Gasteiger partial charge >= 0.3 is 12.1 Å². The van der Waals surface area contributed by atoms with Crippen LogP contribution in [0.4, 0.5) is 4.79 Å². The number of carbonyl (C=O) groups is 2. The third kappa shape index (κ3) is 4.94. The first kappa shape index (κ1) is 22.7. The van der Waals surface area contributed by atoms with Crippen LogP contribution in [-0.2, 0) is 14.3 Å². The standard InChI is InChI=1S/C26H34N2O4/c1-20-7-5-8-21(19-20)10-14-26(32-24(29)12-17-27-15-3-4-16-27)13-6-9-23-22(26)11-18-28(23)25(30)31-2/h5,7-8,19,22-23H,3-4,6,9,11-13,15-18H2,1-2H3/t22-,23-,26-/m1/s1. The Morgan fingerprint density at radius 3 is 2.72 bits per heavy atom. The van der Waals surface area contributed by atoms with Gasteiger partial charge in [-0.05, 0) is 82.2 Å². The van der Waals surface area contributed by atoms with Crippen LogP contribution in [0.25, 0.3) is 0 Å². The lowest BCUT2D eigenvalue weighted by Gasteiger charge is -2.42. The lowest BCUT2D eigenvalue weighted by Crippen LogP contribution is -2.52. The minimum Gasteiger partial charge on any atom is -0.453 e. The molecule has 2 heterocycles. The van der Waals surface area contributed by atoms with E-state index in [0.717, 1.165) is 50.0 Å². The Morgan fingerprint density at radius 2 is 1.97 bits per heavy atom. The number of methoxy groups -OCH3 is 1. The van der Waals surface area contributed by atoms with Gasteiger partial charge in [-0.1, -0.05) is 18.1 Å². The van der Waals surface area contributed by atoms with Crippen LogP contribution in [0.2, 0.25) is 0 Å². The van der Waals surface area contributed by atoms with Gasteiger partial charge < -0.3 is 19.3 Å². The molecule has 1 amide bonds. The molecule has 1 aromatic rings. The zero-order chi connectivity index (χ0) is 22.6. The summed E-state index contributed by atoms with van der Waals surface area (Å²) in [5.74, 6) is 6.51. The van der Waals surface area contributed by atoms with Crippen LogP contribution in [0.3, 0.4) is 0 Å². The molecule has 0 aromatic heterocycles. The Kier molecular flexibility index (Phi) is 7.05. The molecule has 6 nitrogen and oxygen atoms in total. The summed E-state index contributed by atoms with van der Waals surface area (Å²) in [6.45, 7) is 5.51. The number of amides is 1. The molecule has 0 unspecified atom stereocenters. The quantitative estimate of drug-likeness (QED) is 0.529. The molecule has 3 fully saturated rings. The maximum atomic E-state index is 13.0. The number of rotatable bonds is 4. The fourth-order valence-electron chi connectivity index (χ4n) is 5.58. The van der Waals surface area contributed by atoms with Crippen LogP contribution in [0.1, 0.15) is 56.1 Å². The number of fused-ring (bicyclic) bond motifs is 1. The van der Waals surface area contributed by atoms with Gasteiger partial charge in [0, 0.05) is 30.6 Å². The first-order valence-electron chi connectivity index (χ1n) is 11.9. The Balaban J connectivity index is 1.58. The average Bonchev–Trinajstić information content (AvgIpc) is 3.47. The zero-order valence-electron chi connectivity index (χ0n) is 19.3. The molecule has 1 saturated carbocycles. The van der Waals surface area contributed by atoms with Gasteiger partial charge in [0.15, 0.2) is 5.60 Å². The molecule has 4 rings (SSSR count). The molecule has 32 heavy (non-hydrogen) atoms. The molecule has 3 atom stereocenters. The van der Waals surface area contributed by atoms with Gasteiger partial charge in [0.1, 0.15) is 0 Å². The van der Waals surface area contributed by atoms with Gasteiger partial charge in [0.05, 0.1) is 13.5 Å². The summed E-state index contributed by atoms with van der Waals surface area (Å²) in [5, 5.41) is 0. The Hall–Kier alpha value is -2.52. The smallest absolute Gasteiger partial charge is 0.409 e. The second-order valence-electron chi connectivity index (χ2n) is 9.30. The van der Waals surface area contributed by atoms with Crippen molar-refractivity contribution in [3.05, 3.63) is 35.4 Å². The maximum absolute atomic E-state index is 13.0. The highest BCUT2D eigenvalue weighted by Crippen LogP contribution is 2.45. The summed E-state index contributed by atoms with van der Waals surface area (Å²) in [5.41, 5.74) is 1.20. The molecule has 2 saturated heterocycles. The fourth-order valence-corrected chi connectivity index (χ4v) is 5.58. The van der Waals surface area contributed by atoms with E-state index in [4.69, 9.17) is 9.47 Å². The first-order valence-corrected chi connectivity index (χ1v) is 11.9. The van der Waals surface area contributed by atoms with Gasteiger partial charge in [-0.2, -0.15) is 0 Å². The van der Waals surface area contributed by atoms with E-state index in [1.807, 2.05) is 31.2 Å². The van der Waals surface area contributed by atoms with Crippen LogP contribution < -0.4 is 0 Å². The molecular formula is C26H34N2O4. The molecule has 1 aromatic carbocycles. The minimum atomic E-state index is -0.864. The predicted octanol–water partition coefficient (Wildman–Crippen LogP) is 3.76. The molecular weight excluding hydrogens is 404 g/mol. The summed E-state index contributed by atoms with van der Waals surface area (Å²) in [4.78, 5) is 29.4. The number of esters is 1. The zero-order valence-corrected chi connectivity index (χ0v) is 19.3. The number of likely N-dealkylation sites (tertiary alicyclic amines) is 2. The Labute approximate surface area is 191 Å². The van der Waals surface area contributed by atoms with Crippen molar-refractivity contribution in [2.24, 2.45) is 5.92 Å². The van der Waals surface area contributed by atoms with Crippen LogP contribution in [0.15, 0.2) is 24.3 Å². The van der Waals surface area contributed by atoms with Gasteiger partial charge in [-0.15, -0.1) is 0 Å². The van der Waals surface area contributed by atoms with E-state index in [1.54, 1.807) is 4.90 Å². The lowest BCUT2D eigenvalue weighted by molar-refractivity contribution is -0.163. The Morgan fingerprint density at radius 1 is 1.16 bits per heavy atom. The average molecular weight is 439 g/mol. The fraction of sp³-hybridized carbons (Fsp3) is 0.615. The van der Waals surface area contributed by atoms with Crippen molar-refractivity contribution in [1.29, 1.82) is 0 Å². The van der Waals surface area contributed by atoms with Gasteiger partial charge in [0.2, 0.25) is 0 Å². The molecule has 0 spiro atoms. The topological polar surface area (TPSA) is 59.1 Å². The first-order chi connectivity index (χ1) is 15.5. The van der Waals surface area contributed by atoms with E-state index in [9.17, 15) is 9.59 Å². The van der Waals surface area contributed by atoms with Gasteiger partial charge in [-0.3, -0.25) is 4.79 Å². The summed E-state index contributed by atoms with van der Waals surface area (Å²) in [6, 6.07) is 8.06. The number of benzene rings is 1. The number of nitrogens with zero attached hydrogens (tertiary/aromatic N) is 2. The van der Waals surface area contributed by atoms with Crippen molar-refractivity contribution in [2.45, 2.75) is 63.5 Å². The third-order valence-electron chi connectivity index (χ3n) is 7.17. The molecule has 0 radical (unpaired) electrons. The van der Waals surface area contributed by atoms with E-state index < -0.39 is 5.60 Å². The number of ether oxygens (including phenoxy) is 2. The van der Waals surface area contributed by atoms with Crippen LogP contribution >= 0.6 is 0 Å². The lowest BCUT2D eigenvalue weighted by atomic mass is 9.72. The van der Waals surface area contributed by atoms with Crippen molar-refractivity contribution in [1.82, 2.24) is 9.80 Å². The molecule has 2 aliphatic heterocycles. The normalized spacial score (nSPS) is 27.4. The number of hydrogen-bond acceptors (Lipinski definition) is 5. The third-order valence-corrected chi connectivity index (χ3v) is 7.17. The van der Waals surface area contributed by atoms with Crippen molar-refractivity contribution in [3.8, 4) is 11.8 Å². The summed E-state index contributed by atoms with van der Waals surface area (Å²) in [6.07, 6.45) is 5.70. The van der Waals surface area contributed by atoms with E-state index in [2.05, 4.69) is 16.7 Å². The molecule has 6 heteroatoms. The minimum absolute atomic E-state index is 0.00314. The van der Waals surface area contributed by atoms with Crippen LogP contribution in [0, 0.1) is 24.7 Å². The highest BCUT2D eigenvalue weighted by atomic mass is 16.6. The largest absolute Gasteiger partial charge is 0.453 e. The predicted molar refractivity (Wildman–Crippen MR) is 122 cm³/mol. The molecule has 1 aliphatic carbocycles. The molecule has 0 N–H and O–H groups in total. The van der Waals surface area contributed by atoms with Crippen molar-refractivity contribution < 1.29 is 19.1 Å². The monoisotopic (exact) mass is 438 g/mol. The highest BCUT2D eigenvalue weighted by Gasteiger charge is 2.53. The molecule has 172 valence electrons. The highest BCUT2D eigenvalue weighted by molar-refractivity contribution is 5.71. The van der Waals surface area contributed by atoms with Crippen molar-refractivity contribution in [3.63, 3.8) is 0 Å². The Bertz CT molecular complexity index is 899. The van der Waals surface area contributed by atoms with Crippen LogP contribution in [-0.4, -0.2) is 66.8 Å². The van der Waals surface area contributed by atoms with E-state index in [-0.39, 0.29) is 24.0 Å². The maximum Gasteiger partial charge on any atom is 0.409 e. The second-order valence-corrected chi connectivity index (χ2v) is 9.30. The second kappa shape index (κ2) is 9.95. The SMILES string of the molecule is COC(=O)N1CC[C@@H]2[C@H]1CCC[C@]2(C#Cc1cccc(C)c1)OC(=O)CCN1CCCC1. The number of aryl methyl sites for hydroxylation is 1.